The molecule has 20 heavy (non-hydrogen) atoms. The van der Waals surface area contributed by atoms with Crippen molar-refractivity contribution in [2.24, 2.45) is 5.84 Å². The van der Waals surface area contributed by atoms with Gasteiger partial charge in [-0.15, -0.1) is 11.3 Å². The van der Waals surface area contributed by atoms with Gasteiger partial charge < -0.3 is 4.74 Å². The zero-order valence-corrected chi connectivity index (χ0v) is 12.9. The van der Waals surface area contributed by atoms with Crippen LogP contribution < -0.4 is 16.0 Å². The molecular weight excluding hydrogens is 319 g/mol. The van der Waals surface area contributed by atoms with Crippen LogP contribution in [0.15, 0.2) is 24.3 Å². The lowest BCUT2D eigenvalue weighted by atomic mass is 10.2. The van der Waals surface area contributed by atoms with Crippen molar-refractivity contribution in [1.82, 2.24) is 5.43 Å². The van der Waals surface area contributed by atoms with Crippen LogP contribution in [0.5, 0.6) is 5.75 Å². The molecule has 7 heteroatoms. The van der Waals surface area contributed by atoms with E-state index in [1.165, 1.54) is 11.3 Å². The van der Waals surface area contributed by atoms with E-state index in [0.717, 1.165) is 10.4 Å². The highest BCUT2D eigenvalue weighted by Crippen LogP contribution is 2.32. The van der Waals surface area contributed by atoms with E-state index in [0.29, 0.717) is 27.3 Å². The number of carbonyl (C=O) groups is 1. The SMILES string of the molecule is Cc1sc(C(=O)NN)cc1COc1cccc(Cl)c1Cl. The molecule has 0 aliphatic carbocycles. The first-order valence-electron chi connectivity index (χ1n) is 5.70. The van der Waals surface area contributed by atoms with E-state index in [-0.39, 0.29) is 5.91 Å². The Morgan fingerprint density at radius 3 is 2.90 bits per heavy atom. The summed E-state index contributed by atoms with van der Waals surface area (Å²) in [6.07, 6.45) is 0. The normalized spacial score (nSPS) is 10.4. The molecule has 0 atom stereocenters. The van der Waals surface area contributed by atoms with Gasteiger partial charge in [-0.1, -0.05) is 29.3 Å². The highest BCUT2D eigenvalue weighted by Gasteiger charge is 2.12. The minimum absolute atomic E-state index is 0.306. The smallest absolute Gasteiger partial charge is 0.275 e. The topological polar surface area (TPSA) is 64.4 Å². The summed E-state index contributed by atoms with van der Waals surface area (Å²) in [6, 6.07) is 6.94. The molecule has 0 aliphatic heterocycles. The average Bonchev–Trinajstić information content (AvgIpc) is 2.81. The Labute approximate surface area is 130 Å². The standard InChI is InChI=1S/C13H12Cl2N2O2S/c1-7-8(5-11(20-7)13(18)17-16)6-19-10-4-2-3-9(14)12(10)15/h2-5H,6,16H2,1H3,(H,17,18). The number of nitrogens with two attached hydrogens (primary N) is 1. The molecule has 3 N–H and O–H groups in total. The number of thiophene rings is 1. The number of aryl methyl sites for hydroxylation is 1. The Bertz CT molecular complexity index is 643. The molecule has 2 rings (SSSR count). The fourth-order valence-corrected chi connectivity index (χ4v) is 2.88. The third-order valence-electron chi connectivity index (χ3n) is 2.67. The van der Waals surface area contributed by atoms with Crippen LogP contribution in [0.25, 0.3) is 0 Å². The van der Waals surface area contributed by atoms with Crippen molar-refractivity contribution in [2.45, 2.75) is 13.5 Å². The van der Waals surface area contributed by atoms with Gasteiger partial charge in [0.25, 0.3) is 5.91 Å². The van der Waals surface area contributed by atoms with Gasteiger partial charge in [-0.3, -0.25) is 10.2 Å². The van der Waals surface area contributed by atoms with Crippen molar-refractivity contribution in [3.05, 3.63) is 49.6 Å². The summed E-state index contributed by atoms with van der Waals surface area (Å²) in [7, 11) is 0. The predicted octanol–water partition coefficient (Wildman–Crippen LogP) is 3.55. The van der Waals surface area contributed by atoms with E-state index in [1.807, 2.05) is 6.92 Å². The van der Waals surface area contributed by atoms with Crippen molar-refractivity contribution in [3.8, 4) is 5.75 Å². The number of nitrogen functional groups attached to an aromatic ring is 1. The second-order valence-electron chi connectivity index (χ2n) is 4.01. The minimum atomic E-state index is -0.315. The molecule has 0 saturated heterocycles. The number of hydrogen-bond acceptors (Lipinski definition) is 4. The van der Waals surface area contributed by atoms with E-state index < -0.39 is 0 Å². The minimum Gasteiger partial charge on any atom is -0.487 e. The molecule has 0 radical (unpaired) electrons. The predicted molar refractivity (Wildman–Crippen MR) is 81.5 cm³/mol. The lowest BCUT2D eigenvalue weighted by molar-refractivity contribution is 0.0957. The quantitative estimate of drug-likeness (QED) is 0.512. The molecule has 0 fully saturated rings. The number of hydrogen-bond donors (Lipinski definition) is 2. The van der Waals surface area contributed by atoms with Gasteiger partial charge in [0.1, 0.15) is 17.4 Å². The summed E-state index contributed by atoms with van der Waals surface area (Å²) in [6.45, 7) is 2.22. The van der Waals surface area contributed by atoms with Crippen molar-refractivity contribution >= 4 is 40.4 Å². The summed E-state index contributed by atoms with van der Waals surface area (Å²) < 4.78 is 5.64. The van der Waals surface area contributed by atoms with E-state index >= 15 is 0 Å². The number of benzene rings is 1. The van der Waals surface area contributed by atoms with Gasteiger partial charge in [0.2, 0.25) is 0 Å². The van der Waals surface area contributed by atoms with Crippen LogP contribution in [0.3, 0.4) is 0 Å². The first-order chi connectivity index (χ1) is 9.52. The van der Waals surface area contributed by atoms with Crippen LogP contribution in [0.4, 0.5) is 0 Å². The Morgan fingerprint density at radius 1 is 1.45 bits per heavy atom. The van der Waals surface area contributed by atoms with Crippen molar-refractivity contribution in [3.63, 3.8) is 0 Å². The summed E-state index contributed by atoms with van der Waals surface area (Å²) in [4.78, 5) is 13.0. The van der Waals surface area contributed by atoms with Gasteiger partial charge in [0.05, 0.1) is 9.90 Å². The second-order valence-corrected chi connectivity index (χ2v) is 6.05. The first-order valence-corrected chi connectivity index (χ1v) is 7.27. The summed E-state index contributed by atoms with van der Waals surface area (Å²) >= 11 is 13.3. The fourth-order valence-electron chi connectivity index (χ4n) is 1.60. The third kappa shape index (κ3) is 3.24. The average molecular weight is 331 g/mol. The highest BCUT2D eigenvalue weighted by atomic mass is 35.5. The molecule has 0 bridgehead atoms. The molecule has 106 valence electrons. The Morgan fingerprint density at radius 2 is 2.20 bits per heavy atom. The zero-order valence-electron chi connectivity index (χ0n) is 10.6. The maximum atomic E-state index is 11.4. The Kier molecular flexibility index (Phi) is 4.88. The van der Waals surface area contributed by atoms with E-state index in [9.17, 15) is 4.79 Å². The number of hydrazine groups is 1. The molecule has 0 saturated carbocycles. The van der Waals surface area contributed by atoms with E-state index in [2.05, 4.69) is 5.43 Å². The van der Waals surface area contributed by atoms with Crippen LogP contribution in [0.1, 0.15) is 20.1 Å². The monoisotopic (exact) mass is 330 g/mol. The summed E-state index contributed by atoms with van der Waals surface area (Å²) in [5.41, 5.74) is 3.01. The highest BCUT2D eigenvalue weighted by molar-refractivity contribution is 7.14. The molecule has 1 amide bonds. The third-order valence-corrected chi connectivity index (χ3v) is 4.57. The van der Waals surface area contributed by atoms with Crippen LogP contribution >= 0.6 is 34.5 Å². The molecule has 1 heterocycles. The van der Waals surface area contributed by atoms with Gasteiger partial charge in [-0.05, 0) is 25.1 Å². The summed E-state index contributed by atoms with van der Waals surface area (Å²) in [5.74, 6) is 5.30. The first kappa shape index (κ1) is 15.1. The molecule has 2 aromatic rings. The van der Waals surface area contributed by atoms with Crippen LogP contribution in [0.2, 0.25) is 10.0 Å². The number of amides is 1. The molecule has 4 nitrogen and oxygen atoms in total. The number of nitrogens with one attached hydrogen (secondary N) is 1. The van der Waals surface area contributed by atoms with Crippen LogP contribution in [-0.4, -0.2) is 5.91 Å². The largest absolute Gasteiger partial charge is 0.487 e. The Balaban J connectivity index is 2.13. The number of rotatable bonds is 4. The lowest BCUT2D eigenvalue weighted by Crippen LogP contribution is -2.29. The van der Waals surface area contributed by atoms with Crippen LogP contribution in [-0.2, 0) is 6.61 Å². The maximum absolute atomic E-state index is 11.4. The molecule has 0 spiro atoms. The van der Waals surface area contributed by atoms with Gasteiger partial charge in [-0.2, -0.15) is 0 Å². The Hall–Kier alpha value is -1.27. The molecule has 1 aromatic heterocycles. The van der Waals surface area contributed by atoms with Crippen molar-refractivity contribution < 1.29 is 9.53 Å². The number of carbonyl (C=O) groups excluding carboxylic acids is 1. The fraction of sp³-hybridized carbons (Fsp3) is 0.154. The van der Waals surface area contributed by atoms with Crippen molar-refractivity contribution in [2.75, 3.05) is 0 Å². The van der Waals surface area contributed by atoms with Crippen LogP contribution in [0, 0.1) is 6.92 Å². The molecular formula is C13H12Cl2N2O2S. The van der Waals surface area contributed by atoms with Gasteiger partial charge in [0, 0.05) is 10.4 Å². The van der Waals surface area contributed by atoms with Gasteiger partial charge >= 0.3 is 0 Å². The van der Waals surface area contributed by atoms with E-state index in [4.69, 9.17) is 33.8 Å². The van der Waals surface area contributed by atoms with Gasteiger partial charge in [0.15, 0.2) is 0 Å². The molecule has 0 aliphatic rings. The zero-order chi connectivity index (χ0) is 14.7. The maximum Gasteiger partial charge on any atom is 0.275 e. The molecule has 0 unspecified atom stereocenters. The number of halogens is 2. The number of ether oxygens (including phenoxy) is 1. The van der Waals surface area contributed by atoms with Crippen molar-refractivity contribution in [1.29, 1.82) is 0 Å². The molecule has 1 aromatic carbocycles. The summed E-state index contributed by atoms with van der Waals surface area (Å²) in [5, 5.41) is 0.816. The lowest BCUT2D eigenvalue weighted by Gasteiger charge is -2.08. The second kappa shape index (κ2) is 6.45. The van der Waals surface area contributed by atoms with E-state index in [1.54, 1.807) is 24.3 Å². The van der Waals surface area contributed by atoms with Gasteiger partial charge in [-0.25, -0.2) is 5.84 Å².